The summed E-state index contributed by atoms with van der Waals surface area (Å²) in [6.07, 6.45) is 2.90. The minimum absolute atomic E-state index is 0.261. The Bertz CT molecular complexity index is 438. The third kappa shape index (κ3) is 4.39. The van der Waals surface area contributed by atoms with Gasteiger partial charge in [0.15, 0.2) is 5.96 Å². The molecule has 0 radical (unpaired) electrons. The summed E-state index contributed by atoms with van der Waals surface area (Å²) in [6.45, 7) is 3.36. The van der Waals surface area contributed by atoms with E-state index < -0.39 is 0 Å². The van der Waals surface area contributed by atoms with Crippen molar-refractivity contribution in [3.63, 3.8) is 0 Å². The van der Waals surface area contributed by atoms with Crippen LogP contribution in [0.5, 0.6) is 0 Å². The molecule has 0 spiro atoms. The Morgan fingerprint density at radius 3 is 2.89 bits per heavy atom. The number of hydrogen-bond donors (Lipinski definition) is 2. The Labute approximate surface area is 118 Å². The summed E-state index contributed by atoms with van der Waals surface area (Å²) in [5.41, 5.74) is 0.537. The van der Waals surface area contributed by atoms with Crippen LogP contribution in [0.4, 0.5) is 4.39 Å². The zero-order chi connectivity index (χ0) is 13.7. The molecule has 1 saturated carbocycles. The summed E-state index contributed by atoms with van der Waals surface area (Å²) in [5, 5.41) is 6.97. The molecule has 2 rings (SSSR count). The van der Waals surface area contributed by atoms with Gasteiger partial charge in [0.1, 0.15) is 5.82 Å². The Hall–Kier alpha value is -1.29. The molecule has 5 heteroatoms. The van der Waals surface area contributed by atoms with E-state index in [-0.39, 0.29) is 5.82 Å². The molecule has 0 bridgehead atoms. The van der Waals surface area contributed by atoms with E-state index in [0.717, 1.165) is 12.5 Å². The molecule has 1 aliphatic rings. The molecule has 1 fully saturated rings. The Morgan fingerprint density at radius 1 is 1.47 bits per heavy atom. The first-order valence-electron chi connectivity index (χ1n) is 6.68. The molecule has 0 atom stereocenters. The predicted octanol–water partition coefficient (Wildman–Crippen LogP) is 2.74. The second-order valence-electron chi connectivity index (χ2n) is 4.63. The van der Waals surface area contributed by atoms with E-state index in [4.69, 9.17) is 11.6 Å². The lowest BCUT2D eigenvalue weighted by molar-refractivity contribution is 0.609. The lowest BCUT2D eigenvalue weighted by Gasteiger charge is -2.10. The molecule has 0 unspecified atom stereocenters. The van der Waals surface area contributed by atoms with E-state index in [1.165, 1.54) is 18.9 Å². The van der Waals surface area contributed by atoms with Crippen LogP contribution < -0.4 is 10.6 Å². The van der Waals surface area contributed by atoms with Gasteiger partial charge in [-0.1, -0.05) is 17.7 Å². The summed E-state index contributed by atoms with van der Waals surface area (Å²) in [4.78, 5) is 4.44. The number of halogens is 2. The van der Waals surface area contributed by atoms with Crippen molar-refractivity contribution in [1.29, 1.82) is 0 Å². The quantitative estimate of drug-likeness (QED) is 0.644. The van der Waals surface area contributed by atoms with Crippen molar-refractivity contribution in [2.24, 2.45) is 4.99 Å². The summed E-state index contributed by atoms with van der Waals surface area (Å²) in [6, 6.07) is 5.30. The van der Waals surface area contributed by atoms with E-state index in [1.807, 2.05) is 6.92 Å². The van der Waals surface area contributed by atoms with Crippen LogP contribution >= 0.6 is 11.6 Å². The maximum absolute atomic E-state index is 13.6. The standard InChI is InChI=1S/C14H19ClFN3/c1-2-17-14(19-10-6-7-10)18-9-8-11-12(15)4-3-5-13(11)16/h3-5,10H,2,6-9H2,1H3,(H2,17,18,19). The van der Waals surface area contributed by atoms with Gasteiger partial charge in [0, 0.05) is 29.7 Å². The van der Waals surface area contributed by atoms with Gasteiger partial charge in [0.05, 0.1) is 0 Å². The van der Waals surface area contributed by atoms with E-state index in [1.54, 1.807) is 12.1 Å². The SMILES string of the molecule is CCNC(=NCCc1c(F)cccc1Cl)NC1CC1. The van der Waals surface area contributed by atoms with Gasteiger partial charge in [-0.25, -0.2) is 4.39 Å². The normalized spacial score (nSPS) is 15.4. The van der Waals surface area contributed by atoms with Gasteiger partial charge in [-0.05, 0) is 38.3 Å². The third-order valence-electron chi connectivity index (χ3n) is 2.96. The second kappa shape index (κ2) is 6.75. The molecule has 19 heavy (non-hydrogen) atoms. The number of nitrogens with one attached hydrogen (secondary N) is 2. The molecule has 0 aromatic heterocycles. The van der Waals surface area contributed by atoms with E-state index in [2.05, 4.69) is 15.6 Å². The second-order valence-corrected chi connectivity index (χ2v) is 5.04. The van der Waals surface area contributed by atoms with Crippen LogP contribution in [0.1, 0.15) is 25.3 Å². The first-order chi connectivity index (χ1) is 9.20. The molecule has 0 heterocycles. The first kappa shape index (κ1) is 14.1. The smallest absolute Gasteiger partial charge is 0.191 e. The summed E-state index contributed by atoms with van der Waals surface area (Å²) < 4.78 is 13.6. The summed E-state index contributed by atoms with van der Waals surface area (Å²) in [7, 11) is 0. The minimum atomic E-state index is -0.261. The van der Waals surface area contributed by atoms with Crippen LogP contribution in [0.2, 0.25) is 5.02 Å². The first-order valence-corrected chi connectivity index (χ1v) is 7.06. The largest absolute Gasteiger partial charge is 0.357 e. The number of aliphatic imine (C=N–C) groups is 1. The highest BCUT2D eigenvalue weighted by Crippen LogP contribution is 2.20. The lowest BCUT2D eigenvalue weighted by atomic mass is 10.1. The van der Waals surface area contributed by atoms with Crippen molar-refractivity contribution in [3.8, 4) is 0 Å². The third-order valence-corrected chi connectivity index (χ3v) is 3.31. The monoisotopic (exact) mass is 283 g/mol. The van der Waals surface area contributed by atoms with Crippen molar-refractivity contribution < 1.29 is 4.39 Å². The van der Waals surface area contributed by atoms with Crippen LogP contribution in [0.15, 0.2) is 23.2 Å². The molecule has 1 aromatic carbocycles. The topological polar surface area (TPSA) is 36.4 Å². The number of nitrogens with zero attached hydrogens (tertiary/aromatic N) is 1. The van der Waals surface area contributed by atoms with Gasteiger partial charge >= 0.3 is 0 Å². The Kier molecular flexibility index (Phi) is 5.02. The van der Waals surface area contributed by atoms with Crippen molar-refractivity contribution in [2.75, 3.05) is 13.1 Å². The zero-order valence-electron chi connectivity index (χ0n) is 11.0. The fourth-order valence-electron chi connectivity index (χ4n) is 1.79. The molecule has 1 aliphatic carbocycles. The van der Waals surface area contributed by atoms with Crippen LogP contribution in [-0.2, 0) is 6.42 Å². The van der Waals surface area contributed by atoms with E-state index in [0.29, 0.717) is 29.6 Å². The predicted molar refractivity (Wildman–Crippen MR) is 77.3 cm³/mol. The fourth-order valence-corrected chi connectivity index (χ4v) is 2.05. The average Bonchev–Trinajstić information content (AvgIpc) is 3.17. The highest BCUT2D eigenvalue weighted by atomic mass is 35.5. The molecule has 3 nitrogen and oxygen atoms in total. The fraction of sp³-hybridized carbons (Fsp3) is 0.500. The number of hydrogen-bond acceptors (Lipinski definition) is 1. The molecule has 104 valence electrons. The zero-order valence-corrected chi connectivity index (χ0v) is 11.8. The molecule has 2 N–H and O–H groups in total. The van der Waals surface area contributed by atoms with Crippen molar-refractivity contribution in [2.45, 2.75) is 32.2 Å². The van der Waals surface area contributed by atoms with Gasteiger partial charge in [-0.15, -0.1) is 0 Å². The summed E-state index contributed by atoms with van der Waals surface area (Å²) in [5.74, 6) is 0.542. The minimum Gasteiger partial charge on any atom is -0.357 e. The van der Waals surface area contributed by atoms with E-state index in [9.17, 15) is 4.39 Å². The van der Waals surface area contributed by atoms with Gasteiger partial charge < -0.3 is 10.6 Å². The highest BCUT2D eigenvalue weighted by molar-refractivity contribution is 6.31. The Morgan fingerprint density at radius 2 is 2.26 bits per heavy atom. The molecule has 1 aromatic rings. The molecule has 0 amide bonds. The van der Waals surface area contributed by atoms with Crippen LogP contribution in [0.3, 0.4) is 0 Å². The van der Waals surface area contributed by atoms with Crippen LogP contribution in [-0.4, -0.2) is 25.1 Å². The number of guanidine groups is 1. The van der Waals surface area contributed by atoms with Crippen LogP contribution in [0.25, 0.3) is 0 Å². The summed E-state index contributed by atoms with van der Waals surface area (Å²) >= 11 is 5.98. The highest BCUT2D eigenvalue weighted by Gasteiger charge is 2.22. The van der Waals surface area contributed by atoms with Gasteiger partial charge in [0.2, 0.25) is 0 Å². The Balaban J connectivity index is 1.92. The molecular formula is C14H19ClFN3. The average molecular weight is 284 g/mol. The van der Waals surface area contributed by atoms with Gasteiger partial charge in [-0.3, -0.25) is 4.99 Å². The maximum Gasteiger partial charge on any atom is 0.191 e. The van der Waals surface area contributed by atoms with E-state index >= 15 is 0 Å². The van der Waals surface area contributed by atoms with Gasteiger partial charge in [-0.2, -0.15) is 0 Å². The lowest BCUT2D eigenvalue weighted by Crippen LogP contribution is -2.38. The van der Waals surface area contributed by atoms with Crippen molar-refractivity contribution in [1.82, 2.24) is 10.6 Å². The van der Waals surface area contributed by atoms with Crippen LogP contribution in [0, 0.1) is 5.82 Å². The number of rotatable bonds is 5. The molecular weight excluding hydrogens is 265 g/mol. The maximum atomic E-state index is 13.6. The molecule has 0 aliphatic heterocycles. The van der Waals surface area contributed by atoms with Gasteiger partial charge in [0.25, 0.3) is 0 Å². The van der Waals surface area contributed by atoms with Crippen molar-refractivity contribution in [3.05, 3.63) is 34.6 Å². The number of benzene rings is 1. The molecule has 0 saturated heterocycles. The van der Waals surface area contributed by atoms with Crippen molar-refractivity contribution >= 4 is 17.6 Å².